The Kier molecular flexibility index (Phi) is 15.7. The maximum Gasteiger partial charge on any atom is 0.330 e. The van der Waals surface area contributed by atoms with Crippen molar-refractivity contribution in [2.24, 2.45) is 11.3 Å². The summed E-state index contributed by atoms with van der Waals surface area (Å²) in [6.45, 7) is 8.93. The maximum absolute atomic E-state index is 13.8. The minimum Gasteiger partial charge on any atom is -0.467 e. The number of rotatable bonds is 19. The lowest BCUT2D eigenvalue weighted by molar-refractivity contribution is -0.155. The van der Waals surface area contributed by atoms with E-state index < -0.39 is 28.9 Å². The SMILES string of the molecule is CCCCOC(=O)[C@H](CNCCCC(=O)OC(C)(C)C)CC1(C(=O)N[C@@H](COCc2ccccc2)C(=O)OC)CCCC1. The molecule has 0 bridgehead atoms. The summed E-state index contributed by atoms with van der Waals surface area (Å²) in [5, 5.41) is 6.16. The molecule has 1 saturated carbocycles. The largest absolute Gasteiger partial charge is 0.467 e. The number of methoxy groups -OCH3 is 1. The van der Waals surface area contributed by atoms with Gasteiger partial charge in [-0.25, -0.2) is 4.79 Å². The predicted octanol–water partition coefficient (Wildman–Crippen LogP) is 4.48. The summed E-state index contributed by atoms with van der Waals surface area (Å²) < 4.78 is 21.7. The summed E-state index contributed by atoms with van der Waals surface area (Å²) in [6.07, 6.45) is 5.69. The van der Waals surface area contributed by atoms with Gasteiger partial charge in [-0.2, -0.15) is 0 Å². The summed E-state index contributed by atoms with van der Waals surface area (Å²) in [7, 11) is 1.28. The molecule has 1 aromatic rings. The molecule has 0 saturated heterocycles. The van der Waals surface area contributed by atoms with Crippen LogP contribution in [-0.4, -0.2) is 68.9 Å². The van der Waals surface area contributed by atoms with E-state index in [1.165, 1.54) is 7.11 Å². The molecule has 0 heterocycles. The van der Waals surface area contributed by atoms with Crippen molar-refractivity contribution in [1.82, 2.24) is 10.6 Å². The van der Waals surface area contributed by atoms with Gasteiger partial charge in [-0.05, 0) is 65.0 Å². The van der Waals surface area contributed by atoms with Crippen LogP contribution in [0.3, 0.4) is 0 Å². The number of hydrogen-bond acceptors (Lipinski definition) is 9. The first kappa shape index (κ1) is 36.2. The minimum atomic E-state index is -0.973. The lowest BCUT2D eigenvalue weighted by Gasteiger charge is -2.32. The maximum atomic E-state index is 13.8. The third kappa shape index (κ3) is 13.5. The van der Waals surface area contributed by atoms with E-state index in [1.54, 1.807) is 0 Å². The molecule has 10 nitrogen and oxygen atoms in total. The van der Waals surface area contributed by atoms with E-state index in [0.717, 1.165) is 31.2 Å². The molecule has 2 N–H and O–H groups in total. The molecule has 0 aliphatic heterocycles. The Morgan fingerprint density at radius 1 is 1.00 bits per heavy atom. The predicted molar refractivity (Wildman–Crippen MR) is 163 cm³/mol. The third-order valence-electron chi connectivity index (χ3n) is 7.49. The lowest BCUT2D eigenvalue weighted by atomic mass is 9.76. The zero-order valence-corrected chi connectivity index (χ0v) is 26.7. The quantitative estimate of drug-likeness (QED) is 0.133. The van der Waals surface area contributed by atoms with Crippen LogP contribution in [0.15, 0.2) is 30.3 Å². The standard InChI is InChI=1S/C33H52N2O8/c1-6-7-20-42-29(37)26(22-34-19-13-16-28(36)43-32(2,3)4)21-33(17-11-12-18-33)31(39)35-27(30(38)40-5)24-41-23-25-14-9-8-10-15-25/h8-10,14-15,26-27,34H,6-7,11-13,16-24H2,1-5H3,(H,35,39)/t26-,27-/m0/s1. The number of carbonyl (C=O) groups is 4. The second kappa shape index (κ2) is 18.6. The van der Waals surface area contributed by atoms with Crippen molar-refractivity contribution < 1.29 is 38.1 Å². The van der Waals surface area contributed by atoms with Crippen molar-refractivity contribution in [3.8, 4) is 0 Å². The number of amides is 1. The molecule has 1 fully saturated rings. The molecule has 1 aliphatic rings. The van der Waals surface area contributed by atoms with Crippen molar-refractivity contribution in [2.75, 3.05) is 33.4 Å². The van der Waals surface area contributed by atoms with Gasteiger partial charge in [0.2, 0.25) is 5.91 Å². The monoisotopic (exact) mass is 604 g/mol. The molecule has 0 spiro atoms. The Hall–Kier alpha value is -2.98. The molecule has 0 aromatic heterocycles. The second-order valence-corrected chi connectivity index (χ2v) is 12.4. The molecule has 2 rings (SSSR count). The Labute approximate surface area is 256 Å². The van der Waals surface area contributed by atoms with Crippen LogP contribution in [0.4, 0.5) is 0 Å². The van der Waals surface area contributed by atoms with Crippen LogP contribution < -0.4 is 10.6 Å². The topological polar surface area (TPSA) is 129 Å². The van der Waals surface area contributed by atoms with Crippen LogP contribution >= 0.6 is 0 Å². The highest BCUT2D eigenvalue weighted by atomic mass is 16.6. The van der Waals surface area contributed by atoms with Gasteiger partial charge in [-0.15, -0.1) is 0 Å². The number of esters is 3. The first-order chi connectivity index (χ1) is 20.5. The number of carbonyl (C=O) groups excluding carboxylic acids is 4. The van der Waals surface area contributed by atoms with E-state index in [-0.39, 0.29) is 30.9 Å². The van der Waals surface area contributed by atoms with E-state index in [1.807, 2.05) is 58.0 Å². The van der Waals surface area contributed by atoms with Crippen molar-refractivity contribution in [2.45, 2.75) is 104 Å². The Balaban J connectivity index is 2.05. The van der Waals surface area contributed by atoms with Crippen molar-refractivity contribution in [3.05, 3.63) is 35.9 Å². The summed E-state index contributed by atoms with van der Waals surface area (Å²) in [6, 6.07) is 8.59. The minimum absolute atomic E-state index is 0.0366. The second-order valence-electron chi connectivity index (χ2n) is 12.4. The van der Waals surface area contributed by atoms with Gasteiger partial charge in [-0.3, -0.25) is 14.4 Å². The summed E-state index contributed by atoms with van der Waals surface area (Å²) in [5.74, 6) is -2.04. The normalized spacial score (nSPS) is 15.7. The van der Waals surface area contributed by atoms with Crippen LogP contribution in [0.2, 0.25) is 0 Å². The van der Waals surface area contributed by atoms with E-state index >= 15 is 0 Å². The number of hydrogen-bond donors (Lipinski definition) is 2. The fourth-order valence-corrected chi connectivity index (χ4v) is 5.24. The van der Waals surface area contributed by atoms with Gasteiger partial charge < -0.3 is 29.6 Å². The van der Waals surface area contributed by atoms with Crippen LogP contribution in [0.25, 0.3) is 0 Å². The van der Waals surface area contributed by atoms with Crippen LogP contribution in [-0.2, 0) is 44.7 Å². The zero-order valence-electron chi connectivity index (χ0n) is 26.7. The highest BCUT2D eigenvalue weighted by Crippen LogP contribution is 2.44. The summed E-state index contributed by atoms with van der Waals surface area (Å²) in [5.41, 5.74) is -0.402. The third-order valence-corrected chi connectivity index (χ3v) is 7.49. The van der Waals surface area contributed by atoms with Gasteiger partial charge in [0.05, 0.1) is 38.3 Å². The molecule has 10 heteroatoms. The average molecular weight is 605 g/mol. The highest BCUT2D eigenvalue weighted by Gasteiger charge is 2.45. The molecule has 1 amide bonds. The highest BCUT2D eigenvalue weighted by molar-refractivity contribution is 5.89. The molecule has 0 radical (unpaired) electrons. The van der Waals surface area contributed by atoms with Gasteiger partial charge in [0.15, 0.2) is 6.04 Å². The van der Waals surface area contributed by atoms with Crippen LogP contribution in [0, 0.1) is 11.3 Å². The molecule has 2 atom stereocenters. The van der Waals surface area contributed by atoms with Gasteiger partial charge in [-0.1, -0.05) is 56.5 Å². The van der Waals surface area contributed by atoms with E-state index in [2.05, 4.69) is 10.6 Å². The van der Waals surface area contributed by atoms with Crippen molar-refractivity contribution in [3.63, 3.8) is 0 Å². The molecule has 242 valence electrons. The number of ether oxygens (including phenoxy) is 4. The molecular formula is C33H52N2O8. The van der Waals surface area contributed by atoms with Crippen LogP contribution in [0.1, 0.15) is 91.0 Å². The number of benzene rings is 1. The van der Waals surface area contributed by atoms with Crippen molar-refractivity contribution in [1.29, 1.82) is 0 Å². The summed E-state index contributed by atoms with van der Waals surface area (Å²) in [4.78, 5) is 51.6. The van der Waals surface area contributed by atoms with Crippen molar-refractivity contribution >= 4 is 23.8 Å². The zero-order chi connectivity index (χ0) is 31.7. The van der Waals surface area contributed by atoms with E-state index in [9.17, 15) is 19.2 Å². The molecule has 0 unspecified atom stereocenters. The van der Waals surface area contributed by atoms with Crippen LogP contribution in [0.5, 0.6) is 0 Å². The molecule has 1 aliphatic carbocycles. The molecule has 1 aromatic carbocycles. The van der Waals surface area contributed by atoms with Gasteiger partial charge in [0.25, 0.3) is 0 Å². The number of unbranched alkanes of at least 4 members (excludes halogenated alkanes) is 1. The Morgan fingerprint density at radius 2 is 1.70 bits per heavy atom. The number of nitrogens with one attached hydrogen (secondary N) is 2. The molecular weight excluding hydrogens is 552 g/mol. The smallest absolute Gasteiger partial charge is 0.330 e. The summed E-state index contributed by atoms with van der Waals surface area (Å²) >= 11 is 0. The molecule has 43 heavy (non-hydrogen) atoms. The average Bonchev–Trinajstić information content (AvgIpc) is 3.45. The first-order valence-electron chi connectivity index (χ1n) is 15.6. The van der Waals surface area contributed by atoms with E-state index in [4.69, 9.17) is 18.9 Å². The first-order valence-corrected chi connectivity index (χ1v) is 15.6. The lowest BCUT2D eigenvalue weighted by Crippen LogP contribution is -2.51. The fourth-order valence-electron chi connectivity index (χ4n) is 5.24. The van der Waals surface area contributed by atoms with Gasteiger partial charge in [0, 0.05) is 13.0 Å². The van der Waals surface area contributed by atoms with Gasteiger partial charge in [0.1, 0.15) is 5.60 Å². The Morgan fingerprint density at radius 3 is 2.33 bits per heavy atom. The van der Waals surface area contributed by atoms with E-state index in [0.29, 0.717) is 52.0 Å². The Bertz CT molecular complexity index is 1000. The fraction of sp³-hybridized carbons (Fsp3) is 0.697. The van der Waals surface area contributed by atoms with Gasteiger partial charge >= 0.3 is 17.9 Å².